The summed E-state index contributed by atoms with van der Waals surface area (Å²) in [6, 6.07) is 0. The molecule has 0 aromatic rings. The molecule has 1 atom stereocenters. The molecular formula is C69H134O6. The molecule has 1 unspecified atom stereocenters. The molecular weight excluding hydrogens is 925 g/mol. The summed E-state index contributed by atoms with van der Waals surface area (Å²) in [5.74, 6) is -0.847. The normalized spacial score (nSPS) is 11.9. The maximum absolute atomic E-state index is 12.8. The highest BCUT2D eigenvalue weighted by Gasteiger charge is 2.19. The van der Waals surface area contributed by atoms with Crippen molar-refractivity contribution in [1.29, 1.82) is 0 Å². The van der Waals surface area contributed by atoms with Crippen molar-refractivity contribution in [3.05, 3.63) is 0 Å². The van der Waals surface area contributed by atoms with E-state index in [1.807, 2.05) is 0 Å². The molecule has 0 aromatic carbocycles. The molecule has 0 aromatic heterocycles. The molecule has 0 saturated heterocycles. The monoisotopic (exact) mass is 1060 g/mol. The number of ether oxygens (including phenoxy) is 3. The summed E-state index contributed by atoms with van der Waals surface area (Å²) < 4.78 is 16.8. The zero-order chi connectivity index (χ0) is 54.3. The van der Waals surface area contributed by atoms with Crippen LogP contribution >= 0.6 is 0 Å². The van der Waals surface area contributed by atoms with Gasteiger partial charge in [0, 0.05) is 19.3 Å². The molecule has 0 bridgehead atoms. The number of carbonyl (C=O) groups is 3. The Bertz CT molecular complexity index is 1120. The summed E-state index contributed by atoms with van der Waals surface area (Å²) in [4.78, 5) is 37.9. The van der Waals surface area contributed by atoms with E-state index in [0.717, 1.165) is 64.2 Å². The molecule has 0 N–H and O–H groups in total. The first kappa shape index (κ1) is 73.4. The Kier molecular flexibility index (Phi) is 63.6. The Labute approximate surface area is 469 Å². The molecule has 0 saturated carbocycles. The first-order chi connectivity index (χ1) is 37.0. The highest BCUT2D eigenvalue weighted by atomic mass is 16.6. The number of esters is 3. The molecule has 75 heavy (non-hydrogen) atoms. The number of unbranched alkanes of at least 4 members (excludes halogenated alkanes) is 54. The lowest BCUT2D eigenvalue weighted by atomic mass is 10.0. The Balaban J connectivity index is 3.81. The summed E-state index contributed by atoms with van der Waals surface area (Å²) in [7, 11) is 0. The fraction of sp³-hybridized carbons (Fsp3) is 0.957. The molecule has 0 aliphatic heterocycles. The SMILES string of the molecule is CCCCCCCCCCCCCCCCCCCCCCCCCCCCCCCCCCCCCC(=O)OCC(COC(=O)CCCCCCC)OC(=O)CCCCCCCCCCCCCCCCCCC. The molecule has 0 radical (unpaired) electrons. The summed E-state index contributed by atoms with van der Waals surface area (Å²) in [6.45, 7) is 6.64. The van der Waals surface area contributed by atoms with Crippen LogP contribution in [0.5, 0.6) is 0 Å². The lowest BCUT2D eigenvalue weighted by molar-refractivity contribution is -0.167. The largest absolute Gasteiger partial charge is 0.462 e. The second-order valence-electron chi connectivity index (χ2n) is 23.8. The van der Waals surface area contributed by atoms with Crippen molar-refractivity contribution in [1.82, 2.24) is 0 Å². The van der Waals surface area contributed by atoms with Gasteiger partial charge in [-0.3, -0.25) is 14.4 Å². The Morgan fingerprint density at radius 3 is 0.533 bits per heavy atom. The number of carbonyl (C=O) groups excluding carboxylic acids is 3. The quantitative estimate of drug-likeness (QED) is 0.0343. The topological polar surface area (TPSA) is 78.9 Å². The maximum atomic E-state index is 12.8. The standard InChI is InChI=1S/C69H134O6/c1-4-7-10-13-15-17-19-21-23-25-26-27-28-29-30-31-32-33-34-35-36-37-38-39-40-41-42-44-45-47-49-51-53-56-59-62-68(71)74-65-66(64-73-67(70)61-58-55-12-9-6-3)75-69(72)63-60-57-54-52-50-48-46-43-24-22-20-18-16-14-11-8-5-2/h66H,4-65H2,1-3H3. The van der Waals surface area contributed by atoms with Crippen molar-refractivity contribution >= 4 is 17.9 Å². The van der Waals surface area contributed by atoms with E-state index < -0.39 is 6.10 Å². The minimum Gasteiger partial charge on any atom is -0.462 e. The molecule has 0 aliphatic rings. The van der Waals surface area contributed by atoms with Crippen molar-refractivity contribution in [2.75, 3.05) is 13.2 Å². The van der Waals surface area contributed by atoms with E-state index in [-0.39, 0.29) is 31.1 Å². The minimum absolute atomic E-state index is 0.0624. The van der Waals surface area contributed by atoms with E-state index >= 15 is 0 Å². The smallest absolute Gasteiger partial charge is 0.306 e. The van der Waals surface area contributed by atoms with E-state index in [1.165, 1.54) is 302 Å². The van der Waals surface area contributed by atoms with E-state index in [1.54, 1.807) is 0 Å². The van der Waals surface area contributed by atoms with Gasteiger partial charge in [-0.15, -0.1) is 0 Å². The van der Waals surface area contributed by atoms with Gasteiger partial charge in [0.1, 0.15) is 13.2 Å². The van der Waals surface area contributed by atoms with Gasteiger partial charge in [0.2, 0.25) is 0 Å². The maximum Gasteiger partial charge on any atom is 0.306 e. The second-order valence-corrected chi connectivity index (χ2v) is 23.8. The summed E-state index contributed by atoms with van der Waals surface area (Å²) in [6.07, 6.45) is 76.4. The van der Waals surface area contributed by atoms with E-state index in [2.05, 4.69) is 20.8 Å². The van der Waals surface area contributed by atoms with Gasteiger partial charge in [-0.05, 0) is 19.3 Å². The summed E-state index contributed by atoms with van der Waals surface area (Å²) in [5.41, 5.74) is 0. The molecule has 6 nitrogen and oxygen atoms in total. The number of rotatable bonds is 65. The Hall–Kier alpha value is -1.59. The van der Waals surface area contributed by atoms with Crippen LogP contribution in [0.15, 0.2) is 0 Å². The van der Waals surface area contributed by atoms with Crippen molar-refractivity contribution in [2.24, 2.45) is 0 Å². The third-order valence-corrected chi connectivity index (χ3v) is 16.1. The van der Waals surface area contributed by atoms with Crippen LogP contribution in [0.2, 0.25) is 0 Å². The van der Waals surface area contributed by atoms with Crippen LogP contribution in [0.3, 0.4) is 0 Å². The Morgan fingerprint density at radius 2 is 0.360 bits per heavy atom. The molecule has 0 spiro atoms. The van der Waals surface area contributed by atoms with Gasteiger partial charge < -0.3 is 14.2 Å². The highest BCUT2D eigenvalue weighted by molar-refractivity contribution is 5.71. The fourth-order valence-electron chi connectivity index (χ4n) is 10.9. The zero-order valence-electron chi connectivity index (χ0n) is 51.4. The average molecular weight is 1060 g/mol. The zero-order valence-corrected chi connectivity index (χ0v) is 51.4. The number of hydrogen-bond acceptors (Lipinski definition) is 6. The predicted molar refractivity (Wildman–Crippen MR) is 326 cm³/mol. The van der Waals surface area contributed by atoms with Crippen molar-refractivity contribution < 1.29 is 28.6 Å². The summed E-state index contributed by atoms with van der Waals surface area (Å²) in [5, 5.41) is 0. The molecule has 446 valence electrons. The third-order valence-electron chi connectivity index (χ3n) is 16.1. The number of hydrogen-bond donors (Lipinski definition) is 0. The van der Waals surface area contributed by atoms with E-state index in [9.17, 15) is 14.4 Å². The van der Waals surface area contributed by atoms with E-state index in [0.29, 0.717) is 19.3 Å². The first-order valence-corrected chi connectivity index (χ1v) is 34.5. The van der Waals surface area contributed by atoms with Crippen LogP contribution in [0.4, 0.5) is 0 Å². The van der Waals surface area contributed by atoms with Crippen LogP contribution in [0.1, 0.15) is 406 Å². The van der Waals surface area contributed by atoms with Crippen molar-refractivity contribution in [2.45, 2.75) is 412 Å². The molecule has 0 rings (SSSR count). The minimum atomic E-state index is -0.760. The molecule has 0 amide bonds. The lowest BCUT2D eigenvalue weighted by Crippen LogP contribution is -2.30. The first-order valence-electron chi connectivity index (χ1n) is 34.5. The van der Waals surface area contributed by atoms with Gasteiger partial charge in [-0.1, -0.05) is 367 Å². The van der Waals surface area contributed by atoms with Gasteiger partial charge in [-0.25, -0.2) is 0 Å². The van der Waals surface area contributed by atoms with Gasteiger partial charge >= 0.3 is 17.9 Å². The fourth-order valence-corrected chi connectivity index (χ4v) is 10.9. The lowest BCUT2D eigenvalue weighted by Gasteiger charge is -2.18. The second kappa shape index (κ2) is 64.9. The molecule has 0 aliphatic carbocycles. The Morgan fingerprint density at radius 1 is 0.213 bits per heavy atom. The van der Waals surface area contributed by atoms with Crippen molar-refractivity contribution in [3.63, 3.8) is 0 Å². The van der Waals surface area contributed by atoms with Crippen LogP contribution in [0, 0.1) is 0 Å². The third kappa shape index (κ3) is 63.1. The van der Waals surface area contributed by atoms with Gasteiger partial charge in [-0.2, -0.15) is 0 Å². The summed E-state index contributed by atoms with van der Waals surface area (Å²) >= 11 is 0. The molecule has 0 heterocycles. The highest BCUT2D eigenvalue weighted by Crippen LogP contribution is 2.19. The van der Waals surface area contributed by atoms with Crippen LogP contribution in [-0.4, -0.2) is 37.2 Å². The van der Waals surface area contributed by atoms with Crippen LogP contribution in [0.25, 0.3) is 0 Å². The molecule has 0 fully saturated rings. The molecule has 6 heteroatoms. The predicted octanol–water partition coefficient (Wildman–Crippen LogP) is 23.5. The van der Waals surface area contributed by atoms with Crippen LogP contribution < -0.4 is 0 Å². The van der Waals surface area contributed by atoms with Gasteiger partial charge in [0.05, 0.1) is 0 Å². The van der Waals surface area contributed by atoms with Gasteiger partial charge in [0.25, 0.3) is 0 Å². The van der Waals surface area contributed by atoms with Crippen LogP contribution in [-0.2, 0) is 28.6 Å². The van der Waals surface area contributed by atoms with E-state index in [4.69, 9.17) is 14.2 Å². The van der Waals surface area contributed by atoms with Crippen molar-refractivity contribution in [3.8, 4) is 0 Å². The van der Waals surface area contributed by atoms with Gasteiger partial charge in [0.15, 0.2) is 6.10 Å². The average Bonchev–Trinajstić information content (AvgIpc) is 3.41.